The van der Waals surface area contributed by atoms with Gasteiger partial charge in [0.1, 0.15) is 5.67 Å². The van der Waals surface area contributed by atoms with Gasteiger partial charge < -0.3 is 0 Å². The van der Waals surface area contributed by atoms with Gasteiger partial charge in [-0.15, -0.1) is 0 Å². The molecule has 0 atom stereocenters. The molecular formula is C11H12BClFN3. The normalized spacial score (nSPS) is 18.8. The molecule has 17 heavy (non-hydrogen) atoms. The molecule has 2 heterocycles. The van der Waals surface area contributed by atoms with Crippen LogP contribution in [-0.2, 0) is 6.42 Å². The molecule has 1 aliphatic rings. The molecule has 1 aromatic heterocycles. The van der Waals surface area contributed by atoms with Gasteiger partial charge in [0.15, 0.2) is 5.15 Å². The maximum atomic E-state index is 14.5. The van der Waals surface area contributed by atoms with Crippen molar-refractivity contribution in [3.05, 3.63) is 23.2 Å². The third-order valence-corrected chi connectivity index (χ3v) is 3.59. The molecule has 0 bridgehead atoms. The molecule has 0 aliphatic carbocycles. The Morgan fingerprint density at radius 3 is 2.65 bits per heavy atom. The molecule has 1 saturated heterocycles. The smallest absolute Gasteiger partial charge is 0.256 e. The first-order chi connectivity index (χ1) is 8.13. The van der Waals surface area contributed by atoms with E-state index in [0.29, 0.717) is 31.2 Å². The summed E-state index contributed by atoms with van der Waals surface area (Å²) in [6.07, 6.45) is 5.23. The predicted molar refractivity (Wildman–Crippen MR) is 64.8 cm³/mol. The molecule has 2 rings (SSSR count). The summed E-state index contributed by atoms with van der Waals surface area (Å²) in [5.41, 5.74) is -0.778. The van der Waals surface area contributed by atoms with Gasteiger partial charge in [-0.05, 0) is 12.8 Å². The molecule has 88 valence electrons. The standard InChI is InChI=1S/C11H12BClFN3/c13-10-9(16-5-6-17-10)7-11(14)1-3-12(8-15)4-2-11/h5-6H,1-4,7H2. The highest BCUT2D eigenvalue weighted by molar-refractivity contribution is 6.67. The van der Waals surface area contributed by atoms with E-state index < -0.39 is 5.67 Å². The lowest BCUT2D eigenvalue weighted by atomic mass is 9.41. The lowest BCUT2D eigenvalue weighted by Gasteiger charge is -2.30. The summed E-state index contributed by atoms with van der Waals surface area (Å²) in [5.74, 6) is 2.20. The van der Waals surface area contributed by atoms with Crippen molar-refractivity contribution in [1.82, 2.24) is 9.97 Å². The number of nitriles is 1. The Kier molecular flexibility index (Phi) is 3.63. The second-order valence-electron chi connectivity index (χ2n) is 4.52. The molecule has 0 radical (unpaired) electrons. The molecule has 0 unspecified atom stereocenters. The van der Waals surface area contributed by atoms with Crippen LogP contribution in [0.5, 0.6) is 0 Å². The van der Waals surface area contributed by atoms with Gasteiger partial charge in [0.25, 0.3) is 6.71 Å². The van der Waals surface area contributed by atoms with Crippen molar-refractivity contribution in [3.63, 3.8) is 0 Å². The molecule has 0 saturated carbocycles. The number of alkyl halides is 1. The third-order valence-electron chi connectivity index (χ3n) is 3.27. The first kappa shape index (κ1) is 12.3. The van der Waals surface area contributed by atoms with Crippen LogP contribution >= 0.6 is 11.6 Å². The minimum atomic E-state index is -1.28. The van der Waals surface area contributed by atoms with Crippen LogP contribution in [0.15, 0.2) is 12.4 Å². The van der Waals surface area contributed by atoms with E-state index in [1.807, 2.05) is 0 Å². The molecule has 0 spiro atoms. The monoisotopic (exact) mass is 251 g/mol. The Balaban J connectivity index is 2.05. The first-order valence-corrected chi connectivity index (χ1v) is 6.05. The molecule has 1 aliphatic heterocycles. The molecular weight excluding hydrogens is 239 g/mol. The van der Waals surface area contributed by atoms with Crippen LogP contribution < -0.4 is 0 Å². The van der Waals surface area contributed by atoms with E-state index in [1.165, 1.54) is 12.4 Å². The maximum Gasteiger partial charge on any atom is 0.268 e. The Morgan fingerprint density at radius 2 is 2.06 bits per heavy atom. The zero-order valence-electron chi connectivity index (χ0n) is 9.37. The molecule has 1 fully saturated rings. The van der Waals surface area contributed by atoms with E-state index in [1.54, 1.807) is 0 Å². The van der Waals surface area contributed by atoms with Gasteiger partial charge in [0.2, 0.25) is 0 Å². The first-order valence-electron chi connectivity index (χ1n) is 5.67. The SMILES string of the molecule is N#CB1CCC(F)(Cc2nccnc2Cl)CC1. The predicted octanol–water partition coefficient (Wildman–Crippen LogP) is 2.73. The minimum Gasteiger partial charge on any atom is -0.256 e. The molecule has 3 nitrogen and oxygen atoms in total. The topological polar surface area (TPSA) is 49.6 Å². The van der Waals surface area contributed by atoms with Crippen molar-refractivity contribution >= 4 is 18.3 Å². The van der Waals surface area contributed by atoms with Gasteiger partial charge in [0.05, 0.1) is 5.69 Å². The van der Waals surface area contributed by atoms with Crippen molar-refractivity contribution in [1.29, 1.82) is 5.26 Å². The van der Waals surface area contributed by atoms with Gasteiger partial charge >= 0.3 is 0 Å². The van der Waals surface area contributed by atoms with Gasteiger partial charge in [0, 0.05) is 24.8 Å². The quantitative estimate of drug-likeness (QED) is 0.759. The zero-order valence-corrected chi connectivity index (χ0v) is 10.1. The Hall–Kier alpha value is -1.15. The van der Waals surface area contributed by atoms with Gasteiger partial charge in [-0.1, -0.05) is 24.2 Å². The second-order valence-corrected chi connectivity index (χ2v) is 4.88. The summed E-state index contributed by atoms with van der Waals surface area (Å²) in [5, 5.41) is 9.05. The van der Waals surface area contributed by atoms with Gasteiger partial charge in [-0.3, -0.25) is 4.98 Å². The zero-order chi connectivity index (χ0) is 12.3. The van der Waals surface area contributed by atoms with E-state index in [0.717, 1.165) is 0 Å². The van der Waals surface area contributed by atoms with Crippen LogP contribution in [0, 0.1) is 11.2 Å². The maximum absolute atomic E-state index is 14.5. The summed E-state index contributed by atoms with van der Waals surface area (Å²) in [4.78, 5) is 7.95. The van der Waals surface area contributed by atoms with Crippen molar-refractivity contribution in [2.24, 2.45) is 0 Å². The van der Waals surface area contributed by atoms with E-state index >= 15 is 0 Å². The third kappa shape index (κ3) is 2.95. The molecule has 0 amide bonds. The highest BCUT2D eigenvalue weighted by Crippen LogP contribution is 2.35. The van der Waals surface area contributed by atoms with Crippen LogP contribution in [0.3, 0.4) is 0 Å². The van der Waals surface area contributed by atoms with Gasteiger partial charge in [-0.2, -0.15) is 0 Å². The fraction of sp³-hybridized carbons (Fsp3) is 0.545. The summed E-state index contributed by atoms with van der Waals surface area (Å²) in [7, 11) is 0. The van der Waals surface area contributed by atoms with Crippen molar-refractivity contribution in [2.75, 3.05) is 0 Å². The summed E-state index contributed by atoms with van der Waals surface area (Å²) in [6, 6.07) is 0. The van der Waals surface area contributed by atoms with E-state index in [2.05, 4.69) is 15.9 Å². The highest BCUT2D eigenvalue weighted by atomic mass is 35.5. The van der Waals surface area contributed by atoms with E-state index in [-0.39, 0.29) is 18.3 Å². The number of aromatic nitrogens is 2. The van der Waals surface area contributed by atoms with Crippen LogP contribution in [-0.4, -0.2) is 22.3 Å². The van der Waals surface area contributed by atoms with Crippen LogP contribution in [0.1, 0.15) is 18.5 Å². The van der Waals surface area contributed by atoms with Gasteiger partial charge in [-0.25, -0.2) is 14.6 Å². The Morgan fingerprint density at radius 1 is 1.41 bits per heavy atom. The molecule has 6 heteroatoms. The summed E-state index contributed by atoms with van der Waals surface area (Å²) < 4.78 is 14.5. The lowest BCUT2D eigenvalue weighted by molar-refractivity contribution is 0.143. The average Bonchev–Trinajstić information content (AvgIpc) is 2.33. The van der Waals surface area contributed by atoms with Crippen molar-refractivity contribution < 1.29 is 4.39 Å². The number of rotatable bonds is 2. The molecule has 1 aromatic rings. The fourth-order valence-electron chi connectivity index (χ4n) is 2.21. The fourth-order valence-corrected chi connectivity index (χ4v) is 2.38. The van der Waals surface area contributed by atoms with Crippen LogP contribution in [0.4, 0.5) is 4.39 Å². The minimum absolute atomic E-state index is 0.00351. The highest BCUT2D eigenvalue weighted by Gasteiger charge is 2.37. The van der Waals surface area contributed by atoms with Crippen molar-refractivity contribution in [2.45, 2.75) is 37.6 Å². The second kappa shape index (κ2) is 5.01. The number of halogens is 2. The summed E-state index contributed by atoms with van der Waals surface area (Å²) in [6.45, 7) is -0.00351. The van der Waals surface area contributed by atoms with Crippen molar-refractivity contribution in [3.8, 4) is 5.97 Å². The number of hydrogen-bond donors (Lipinski definition) is 0. The molecule has 0 N–H and O–H groups in total. The number of hydrogen-bond acceptors (Lipinski definition) is 3. The Labute approximate surface area is 105 Å². The lowest BCUT2D eigenvalue weighted by Crippen LogP contribution is -2.34. The van der Waals surface area contributed by atoms with Crippen LogP contribution in [0.2, 0.25) is 17.8 Å². The van der Waals surface area contributed by atoms with Crippen LogP contribution in [0.25, 0.3) is 0 Å². The van der Waals surface area contributed by atoms with E-state index in [4.69, 9.17) is 16.9 Å². The molecule has 0 aromatic carbocycles. The van der Waals surface area contributed by atoms with E-state index in [9.17, 15) is 4.39 Å². The Bertz CT molecular complexity index is 441. The summed E-state index contributed by atoms with van der Waals surface area (Å²) >= 11 is 5.87. The number of nitrogens with zero attached hydrogens (tertiary/aromatic N) is 3. The largest absolute Gasteiger partial charge is 0.268 e. The average molecular weight is 252 g/mol.